The lowest BCUT2D eigenvalue weighted by Gasteiger charge is -2.34. The lowest BCUT2D eigenvalue weighted by Crippen LogP contribution is -2.52. The Labute approximate surface area is 186 Å². The SMILES string of the molecule is O=C1CCC(N2Cc3cc(OC[C@H]4CCCCN4Cc4ncc[nH]4)ccc3C2=O)C(=O)N1. The number of carbonyl (C=O) groups excluding carboxylic acids is 3. The third-order valence-electron chi connectivity index (χ3n) is 6.59. The molecular weight excluding hydrogens is 410 g/mol. The number of imidazole rings is 1. The summed E-state index contributed by atoms with van der Waals surface area (Å²) in [6, 6.07) is 5.21. The van der Waals surface area contributed by atoms with E-state index in [0.29, 0.717) is 31.2 Å². The number of hydrogen-bond donors (Lipinski definition) is 2. The number of benzene rings is 1. The van der Waals surface area contributed by atoms with Crippen LogP contribution in [0.1, 0.15) is 53.8 Å². The van der Waals surface area contributed by atoms with Crippen LogP contribution in [-0.2, 0) is 22.7 Å². The van der Waals surface area contributed by atoms with Crippen LogP contribution < -0.4 is 10.1 Å². The van der Waals surface area contributed by atoms with Crippen molar-refractivity contribution in [3.8, 4) is 5.75 Å². The second kappa shape index (κ2) is 8.74. The molecule has 2 aromatic rings. The number of aromatic nitrogens is 2. The molecule has 2 N–H and O–H groups in total. The molecule has 9 heteroatoms. The van der Waals surface area contributed by atoms with Gasteiger partial charge in [0.25, 0.3) is 5.91 Å². The van der Waals surface area contributed by atoms with E-state index in [9.17, 15) is 14.4 Å². The quantitative estimate of drug-likeness (QED) is 0.665. The number of imide groups is 1. The average Bonchev–Trinajstić information content (AvgIpc) is 3.41. The van der Waals surface area contributed by atoms with Crippen LogP contribution in [0.2, 0.25) is 0 Å². The average molecular weight is 438 g/mol. The summed E-state index contributed by atoms with van der Waals surface area (Å²) in [4.78, 5) is 48.0. The van der Waals surface area contributed by atoms with Gasteiger partial charge in [-0.1, -0.05) is 6.42 Å². The van der Waals surface area contributed by atoms with E-state index in [4.69, 9.17) is 4.74 Å². The van der Waals surface area contributed by atoms with Gasteiger partial charge in [-0.15, -0.1) is 0 Å². The molecule has 3 aliphatic rings. The van der Waals surface area contributed by atoms with Crippen molar-refractivity contribution in [3.63, 3.8) is 0 Å². The normalized spacial score (nSPS) is 23.9. The summed E-state index contributed by atoms with van der Waals surface area (Å²) in [5.74, 6) is 0.840. The Morgan fingerprint density at radius 2 is 2.06 bits per heavy atom. The summed E-state index contributed by atoms with van der Waals surface area (Å²) in [6.07, 6.45) is 7.66. The summed E-state index contributed by atoms with van der Waals surface area (Å²) in [7, 11) is 0. The van der Waals surface area contributed by atoms with Crippen molar-refractivity contribution in [1.82, 2.24) is 25.1 Å². The number of fused-ring (bicyclic) bond motifs is 1. The third kappa shape index (κ3) is 4.12. The van der Waals surface area contributed by atoms with Crippen LogP contribution in [0.25, 0.3) is 0 Å². The van der Waals surface area contributed by atoms with Gasteiger partial charge >= 0.3 is 0 Å². The predicted octanol–water partition coefficient (Wildman–Crippen LogP) is 1.60. The van der Waals surface area contributed by atoms with E-state index >= 15 is 0 Å². The molecule has 0 bridgehead atoms. The zero-order chi connectivity index (χ0) is 22.1. The summed E-state index contributed by atoms with van der Waals surface area (Å²) in [5, 5.41) is 2.33. The lowest BCUT2D eigenvalue weighted by molar-refractivity contribution is -0.136. The number of ether oxygens (including phenoxy) is 1. The van der Waals surface area contributed by atoms with E-state index in [0.717, 1.165) is 36.6 Å². The summed E-state index contributed by atoms with van der Waals surface area (Å²) >= 11 is 0. The summed E-state index contributed by atoms with van der Waals surface area (Å²) in [5.41, 5.74) is 1.45. The van der Waals surface area contributed by atoms with Crippen molar-refractivity contribution in [2.24, 2.45) is 0 Å². The number of rotatable bonds is 6. The van der Waals surface area contributed by atoms with E-state index in [1.807, 2.05) is 18.3 Å². The Balaban J connectivity index is 1.23. The molecule has 1 aromatic heterocycles. The molecule has 1 aromatic carbocycles. The van der Waals surface area contributed by atoms with Gasteiger partial charge in [0, 0.05) is 37.0 Å². The first-order chi connectivity index (χ1) is 15.6. The number of piperidine rings is 2. The van der Waals surface area contributed by atoms with Gasteiger partial charge in [-0.3, -0.25) is 24.6 Å². The zero-order valence-electron chi connectivity index (χ0n) is 17.9. The highest BCUT2D eigenvalue weighted by Gasteiger charge is 2.39. The standard InChI is InChI=1S/C23H27N5O4/c29-21-7-6-19(22(30)26-21)28-12-15-11-17(4-5-18(15)23(28)31)32-14-16-3-1-2-10-27(16)13-20-24-8-9-25-20/h4-5,8-9,11,16,19H,1-3,6-7,10,12-14H2,(H,24,25)(H,26,29,30)/t16-,19?/m1/s1. The predicted molar refractivity (Wildman–Crippen MR) is 115 cm³/mol. The highest BCUT2D eigenvalue weighted by Crippen LogP contribution is 2.30. The van der Waals surface area contributed by atoms with E-state index in [-0.39, 0.29) is 18.2 Å². The van der Waals surface area contributed by atoms with Gasteiger partial charge in [0.05, 0.1) is 6.54 Å². The number of likely N-dealkylation sites (tertiary alicyclic amines) is 1. The van der Waals surface area contributed by atoms with Crippen LogP contribution in [0.3, 0.4) is 0 Å². The minimum absolute atomic E-state index is 0.169. The first kappa shape index (κ1) is 20.7. The number of aromatic amines is 1. The topological polar surface area (TPSA) is 108 Å². The van der Waals surface area contributed by atoms with Crippen molar-refractivity contribution in [2.75, 3.05) is 13.2 Å². The Bertz CT molecular complexity index is 1020. The molecule has 32 heavy (non-hydrogen) atoms. The molecule has 2 atom stereocenters. The molecule has 4 heterocycles. The number of nitrogens with one attached hydrogen (secondary N) is 2. The highest BCUT2D eigenvalue weighted by molar-refractivity contribution is 6.05. The van der Waals surface area contributed by atoms with Crippen LogP contribution in [0.15, 0.2) is 30.6 Å². The second-order valence-electron chi connectivity index (χ2n) is 8.69. The molecule has 168 valence electrons. The fraction of sp³-hybridized carbons (Fsp3) is 0.478. The van der Waals surface area contributed by atoms with Gasteiger partial charge in [-0.25, -0.2) is 4.98 Å². The Hall–Kier alpha value is -3.20. The molecule has 0 aliphatic carbocycles. The van der Waals surface area contributed by atoms with Crippen molar-refractivity contribution in [2.45, 2.75) is 57.3 Å². The zero-order valence-corrected chi connectivity index (χ0v) is 17.9. The first-order valence-corrected chi connectivity index (χ1v) is 11.2. The maximum absolute atomic E-state index is 12.8. The molecular formula is C23H27N5O4. The van der Waals surface area contributed by atoms with Gasteiger partial charge in [-0.05, 0) is 49.6 Å². The van der Waals surface area contributed by atoms with Gasteiger partial charge < -0.3 is 14.6 Å². The minimum atomic E-state index is -0.602. The van der Waals surface area contributed by atoms with Crippen LogP contribution in [0.5, 0.6) is 5.75 Å². The van der Waals surface area contributed by atoms with Crippen LogP contribution >= 0.6 is 0 Å². The molecule has 3 aliphatic heterocycles. The number of hydrogen-bond acceptors (Lipinski definition) is 6. The maximum atomic E-state index is 12.8. The fourth-order valence-corrected chi connectivity index (χ4v) is 4.87. The second-order valence-corrected chi connectivity index (χ2v) is 8.69. The Kier molecular flexibility index (Phi) is 5.65. The molecule has 0 spiro atoms. The molecule has 5 rings (SSSR count). The highest BCUT2D eigenvalue weighted by atomic mass is 16.5. The van der Waals surface area contributed by atoms with Crippen molar-refractivity contribution in [1.29, 1.82) is 0 Å². The van der Waals surface area contributed by atoms with Crippen molar-refractivity contribution in [3.05, 3.63) is 47.5 Å². The van der Waals surface area contributed by atoms with E-state index < -0.39 is 11.9 Å². The lowest BCUT2D eigenvalue weighted by atomic mass is 10.0. The van der Waals surface area contributed by atoms with Gasteiger partial charge in [0.1, 0.15) is 24.2 Å². The first-order valence-electron chi connectivity index (χ1n) is 11.2. The minimum Gasteiger partial charge on any atom is -0.492 e. The molecule has 9 nitrogen and oxygen atoms in total. The van der Waals surface area contributed by atoms with Crippen LogP contribution in [0.4, 0.5) is 0 Å². The molecule has 0 radical (unpaired) electrons. The molecule has 2 saturated heterocycles. The Morgan fingerprint density at radius 3 is 2.88 bits per heavy atom. The Morgan fingerprint density at radius 1 is 1.16 bits per heavy atom. The van der Waals surface area contributed by atoms with Crippen LogP contribution in [-0.4, -0.2) is 62.7 Å². The monoisotopic (exact) mass is 437 g/mol. The number of amides is 3. The molecule has 1 unspecified atom stereocenters. The van der Waals surface area contributed by atoms with Gasteiger partial charge in [0.2, 0.25) is 11.8 Å². The van der Waals surface area contributed by atoms with Crippen molar-refractivity contribution < 1.29 is 19.1 Å². The summed E-state index contributed by atoms with van der Waals surface area (Å²) in [6.45, 7) is 2.73. The van der Waals surface area contributed by atoms with E-state index in [2.05, 4.69) is 20.2 Å². The molecule has 3 amide bonds. The smallest absolute Gasteiger partial charge is 0.255 e. The fourth-order valence-electron chi connectivity index (χ4n) is 4.87. The van der Waals surface area contributed by atoms with E-state index in [1.54, 1.807) is 17.2 Å². The van der Waals surface area contributed by atoms with Crippen molar-refractivity contribution >= 4 is 17.7 Å². The molecule has 2 fully saturated rings. The summed E-state index contributed by atoms with van der Waals surface area (Å²) < 4.78 is 6.15. The number of H-pyrrole nitrogens is 1. The molecule has 0 saturated carbocycles. The number of nitrogens with zero attached hydrogens (tertiary/aromatic N) is 3. The van der Waals surface area contributed by atoms with E-state index in [1.165, 1.54) is 12.8 Å². The largest absolute Gasteiger partial charge is 0.492 e. The third-order valence-corrected chi connectivity index (χ3v) is 6.59. The van der Waals surface area contributed by atoms with Gasteiger partial charge in [0.15, 0.2) is 0 Å². The number of carbonyl (C=O) groups is 3. The maximum Gasteiger partial charge on any atom is 0.255 e. The van der Waals surface area contributed by atoms with Gasteiger partial charge in [-0.2, -0.15) is 0 Å². The van der Waals surface area contributed by atoms with Crippen LogP contribution in [0, 0.1) is 0 Å².